The molecule has 0 aliphatic heterocycles. The third-order valence-corrected chi connectivity index (χ3v) is 5.68. The van der Waals surface area contributed by atoms with Crippen LogP contribution in [0.4, 0.5) is 4.39 Å². The molecule has 116 valence electrons. The molecule has 2 fully saturated rings. The van der Waals surface area contributed by atoms with Gasteiger partial charge in [0.15, 0.2) is 0 Å². The second kappa shape index (κ2) is 5.06. The highest BCUT2D eigenvalue weighted by atomic mass is 32.2. The number of nitrogens with zero attached hydrogens (tertiary/aromatic N) is 1. The fraction of sp³-hybridized carbons (Fsp3) is 0.467. The van der Waals surface area contributed by atoms with E-state index in [-0.39, 0.29) is 17.5 Å². The molecule has 1 aromatic rings. The van der Waals surface area contributed by atoms with Crippen molar-refractivity contribution in [2.24, 2.45) is 11.3 Å². The summed E-state index contributed by atoms with van der Waals surface area (Å²) in [4.78, 5) is 12.0. The van der Waals surface area contributed by atoms with Crippen LogP contribution >= 0.6 is 0 Å². The zero-order chi connectivity index (χ0) is 16.0. The summed E-state index contributed by atoms with van der Waals surface area (Å²) < 4.78 is 38.8. The van der Waals surface area contributed by atoms with Gasteiger partial charge in [0, 0.05) is 5.92 Å². The van der Waals surface area contributed by atoms with Gasteiger partial charge in [0.2, 0.25) is 15.9 Å². The number of amides is 1. The van der Waals surface area contributed by atoms with Crippen LogP contribution in [0.2, 0.25) is 0 Å². The van der Waals surface area contributed by atoms with Gasteiger partial charge >= 0.3 is 0 Å². The van der Waals surface area contributed by atoms with Gasteiger partial charge in [-0.3, -0.25) is 9.52 Å². The molecule has 2 aliphatic rings. The zero-order valence-electron chi connectivity index (χ0n) is 11.8. The third kappa shape index (κ3) is 3.12. The number of rotatable bonds is 5. The maximum atomic E-state index is 12.9. The van der Waals surface area contributed by atoms with Crippen molar-refractivity contribution in [3.63, 3.8) is 0 Å². The van der Waals surface area contributed by atoms with Gasteiger partial charge in [-0.15, -0.1) is 0 Å². The zero-order valence-corrected chi connectivity index (χ0v) is 12.6. The molecule has 0 radical (unpaired) electrons. The molecule has 7 heteroatoms. The number of halogens is 1. The molecule has 1 aromatic carbocycles. The lowest BCUT2D eigenvalue weighted by molar-refractivity contribution is -0.120. The number of hydrogen-bond donors (Lipinski definition) is 1. The van der Waals surface area contributed by atoms with Crippen molar-refractivity contribution in [2.45, 2.75) is 25.2 Å². The first-order valence-corrected chi connectivity index (χ1v) is 8.70. The average Bonchev–Trinajstić information content (AvgIpc) is 3.33. The van der Waals surface area contributed by atoms with Crippen LogP contribution in [-0.2, 0) is 14.8 Å². The highest BCUT2D eigenvalue weighted by molar-refractivity contribution is 7.90. The number of benzene rings is 1. The van der Waals surface area contributed by atoms with E-state index in [1.807, 2.05) is 6.07 Å². The largest absolute Gasteiger partial charge is 0.274 e. The lowest BCUT2D eigenvalue weighted by Crippen LogP contribution is -2.36. The van der Waals surface area contributed by atoms with Gasteiger partial charge in [-0.25, -0.2) is 12.8 Å². The van der Waals surface area contributed by atoms with Crippen LogP contribution in [-0.4, -0.2) is 20.1 Å². The molecule has 1 amide bonds. The Bertz CT molecular complexity index is 748. The predicted octanol–water partition coefficient (Wildman–Crippen LogP) is 1.68. The van der Waals surface area contributed by atoms with E-state index in [0.717, 1.165) is 5.56 Å². The molecule has 0 heterocycles. The summed E-state index contributed by atoms with van der Waals surface area (Å²) in [6.45, 7) is 0. The molecule has 0 aromatic heterocycles. The number of nitriles is 1. The Morgan fingerprint density at radius 3 is 2.55 bits per heavy atom. The molecule has 5 nitrogen and oxygen atoms in total. The summed E-state index contributed by atoms with van der Waals surface area (Å²) in [5.41, 5.74) is 0.0149. The number of hydrogen-bond acceptors (Lipinski definition) is 4. The molecule has 22 heavy (non-hydrogen) atoms. The first-order chi connectivity index (χ1) is 10.3. The molecule has 0 saturated heterocycles. The summed E-state index contributed by atoms with van der Waals surface area (Å²) in [5, 5.41) is 8.93. The van der Waals surface area contributed by atoms with Crippen molar-refractivity contribution in [1.29, 1.82) is 5.26 Å². The van der Waals surface area contributed by atoms with E-state index < -0.39 is 27.3 Å². The van der Waals surface area contributed by atoms with Crippen LogP contribution in [0.1, 0.15) is 30.7 Å². The van der Waals surface area contributed by atoms with E-state index >= 15 is 0 Å². The summed E-state index contributed by atoms with van der Waals surface area (Å²) in [5.74, 6) is -1.68. The molecular formula is C15H15FN2O3S. The second-order valence-electron chi connectivity index (χ2n) is 6.12. The SMILES string of the molecule is N#CC1(CS(=O)(=O)NC(=O)C2CC2c2ccc(F)cc2)CC1. The van der Waals surface area contributed by atoms with Crippen LogP contribution < -0.4 is 4.72 Å². The summed E-state index contributed by atoms with van der Waals surface area (Å²) in [6.07, 6.45) is 1.66. The van der Waals surface area contributed by atoms with Crippen molar-refractivity contribution in [3.05, 3.63) is 35.6 Å². The maximum absolute atomic E-state index is 12.9. The monoisotopic (exact) mass is 322 g/mol. The summed E-state index contributed by atoms with van der Waals surface area (Å²) >= 11 is 0. The number of carbonyl (C=O) groups excluding carboxylic acids is 1. The van der Waals surface area contributed by atoms with Crippen molar-refractivity contribution in [2.75, 3.05) is 5.75 Å². The van der Waals surface area contributed by atoms with Gasteiger partial charge in [0.1, 0.15) is 5.82 Å². The first kappa shape index (κ1) is 15.0. The molecule has 2 atom stereocenters. The van der Waals surface area contributed by atoms with Crippen LogP contribution in [0, 0.1) is 28.5 Å². The van der Waals surface area contributed by atoms with Gasteiger partial charge in [0.05, 0.1) is 17.2 Å². The maximum Gasteiger partial charge on any atom is 0.237 e. The summed E-state index contributed by atoms with van der Waals surface area (Å²) in [7, 11) is -3.79. The van der Waals surface area contributed by atoms with E-state index in [1.54, 1.807) is 12.1 Å². The average molecular weight is 322 g/mol. The Labute approximate surface area is 128 Å². The van der Waals surface area contributed by atoms with Crippen molar-refractivity contribution < 1.29 is 17.6 Å². The van der Waals surface area contributed by atoms with E-state index in [9.17, 15) is 17.6 Å². The first-order valence-electron chi connectivity index (χ1n) is 7.05. The minimum Gasteiger partial charge on any atom is -0.274 e. The fourth-order valence-electron chi connectivity index (χ4n) is 2.63. The Hall–Kier alpha value is -1.94. The topological polar surface area (TPSA) is 87.0 Å². The normalized spacial score (nSPS) is 25.1. The molecule has 0 spiro atoms. The van der Waals surface area contributed by atoms with Gasteiger partial charge in [-0.2, -0.15) is 5.26 Å². The van der Waals surface area contributed by atoms with Crippen LogP contribution in [0.3, 0.4) is 0 Å². The van der Waals surface area contributed by atoms with Gasteiger partial charge in [-0.05, 0) is 42.9 Å². The number of carbonyl (C=O) groups is 1. The van der Waals surface area contributed by atoms with E-state index in [4.69, 9.17) is 5.26 Å². The minimum absolute atomic E-state index is 0.0679. The fourth-order valence-corrected chi connectivity index (χ4v) is 4.24. The van der Waals surface area contributed by atoms with E-state index in [0.29, 0.717) is 19.3 Å². The Morgan fingerprint density at radius 1 is 1.36 bits per heavy atom. The quantitative estimate of drug-likeness (QED) is 0.893. The number of sulfonamides is 1. The van der Waals surface area contributed by atoms with Gasteiger partial charge < -0.3 is 0 Å². The number of nitrogens with one attached hydrogen (secondary N) is 1. The van der Waals surface area contributed by atoms with Crippen LogP contribution in [0.25, 0.3) is 0 Å². The molecular weight excluding hydrogens is 307 g/mol. The molecule has 2 aliphatic carbocycles. The van der Waals surface area contributed by atoms with Gasteiger partial charge in [-0.1, -0.05) is 12.1 Å². The standard InChI is InChI=1S/C15H15FN2O3S/c16-11-3-1-10(2-4-11)12-7-13(12)14(19)18-22(20,21)9-15(8-17)5-6-15/h1-4,12-13H,5-7,9H2,(H,18,19). The lowest BCUT2D eigenvalue weighted by atomic mass is 10.1. The summed E-state index contributed by atoms with van der Waals surface area (Å²) in [6, 6.07) is 7.86. The van der Waals surface area contributed by atoms with Crippen molar-refractivity contribution in [1.82, 2.24) is 4.72 Å². The van der Waals surface area contributed by atoms with E-state index in [1.165, 1.54) is 12.1 Å². The van der Waals surface area contributed by atoms with Crippen molar-refractivity contribution in [3.8, 4) is 6.07 Å². The van der Waals surface area contributed by atoms with Gasteiger partial charge in [0.25, 0.3) is 0 Å². The van der Waals surface area contributed by atoms with E-state index in [2.05, 4.69) is 4.72 Å². The predicted molar refractivity (Wildman–Crippen MR) is 76.5 cm³/mol. The second-order valence-corrected chi connectivity index (χ2v) is 7.84. The van der Waals surface area contributed by atoms with Crippen LogP contribution in [0.15, 0.2) is 24.3 Å². The smallest absolute Gasteiger partial charge is 0.237 e. The molecule has 0 bridgehead atoms. The molecule has 2 unspecified atom stereocenters. The molecule has 3 rings (SSSR count). The highest BCUT2D eigenvalue weighted by Gasteiger charge is 2.49. The lowest BCUT2D eigenvalue weighted by Gasteiger charge is -2.09. The Morgan fingerprint density at radius 2 is 2.00 bits per heavy atom. The molecule has 1 N–H and O–H groups in total. The highest BCUT2D eigenvalue weighted by Crippen LogP contribution is 2.48. The third-order valence-electron chi connectivity index (χ3n) is 4.24. The van der Waals surface area contributed by atoms with Crippen molar-refractivity contribution >= 4 is 15.9 Å². The minimum atomic E-state index is -3.79. The Balaban J connectivity index is 1.59. The van der Waals surface area contributed by atoms with Crippen LogP contribution in [0.5, 0.6) is 0 Å². The Kier molecular flexibility index (Phi) is 3.44. The molecule has 2 saturated carbocycles.